The largest absolute Gasteiger partial charge is 0.466 e. The van der Waals surface area contributed by atoms with E-state index in [0.717, 1.165) is 11.1 Å². The summed E-state index contributed by atoms with van der Waals surface area (Å²) in [6, 6.07) is 22.5. The summed E-state index contributed by atoms with van der Waals surface area (Å²) in [6.45, 7) is 1.24. The maximum Gasteiger partial charge on any atom is 0.198 e. The van der Waals surface area contributed by atoms with Crippen molar-refractivity contribution in [2.75, 3.05) is 20.6 Å². The number of hydrogen-bond acceptors (Lipinski definition) is 4. The molecule has 0 saturated carbocycles. The maximum absolute atomic E-state index is 12.2. The van der Waals surface area contributed by atoms with Gasteiger partial charge in [-0.3, -0.25) is 9.59 Å². The molecule has 0 amide bonds. The van der Waals surface area contributed by atoms with Crippen LogP contribution in [0, 0.1) is 0 Å². The number of rotatable bonds is 8. The van der Waals surface area contributed by atoms with Crippen LogP contribution in [0.5, 0.6) is 5.88 Å². The second-order valence-electron chi connectivity index (χ2n) is 6.85. The quantitative estimate of drug-likeness (QED) is 0.566. The summed E-state index contributed by atoms with van der Waals surface area (Å²) in [5.41, 5.74) is 2.00. The van der Waals surface area contributed by atoms with Gasteiger partial charge in [0.25, 0.3) is 0 Å². The van der Waals surface area contributed by atoms with Gasteiger partial charge in [-0.25, -0.2) is 0 Å². The van der Waals surface area contributed by atoms with E-state index in [1.807, 2.05) is 79.7 Å². The Labute approximate surface area is 164 Å². The molecule has 1 heterocycles. The van der Waals surface area contributed by atoms with Crippen LogP contribution < -0.4 is 10.2 Å². The van der Waals surface area contributed by atoms with Crippen molar-refractivity contribution in [3.05, 3.63) is 99.8 Å². The van der Waals surface area contributed by atoms with Gasteiger partial charge in [-0.15, -0.1) is 0 Å². The molecule has 0 saturated heterocycles. The van der Waals surface area contributed by atoms with Gasteiger partial charge in [0, 0.05) is 25.2 Å². The van der Waals surface area contributed by atoms with Gasteiger partial charge in [0.1, 0.15) is 0 Å². The normalized spacial score (nSPS) is 11.0. The average Bonchev–Trinajstić information content (AvgIpc) is 2.71. The van der Waals surface area contributed by atoms with Crippen LogP contribution in [0.15, 0.2) is 77.6 Å². The molecule has 0 N–H and O–H groups in total. The van der Waals surface area contributed by atoms with E-state index >= 15 is 0 Å². The number of nitrogens with zero attached hydrogens (tertiary/aromatic N) is 2. The maximum atomic E-state index is 12.2. The minimum Gasteiger partial charge on any atom is -0.466 e. The number of hydrogen-bond donors (Lipinski definition) is 0. The SMILES string of the molecule is CN(C)CCn1c(C=O)cc(=O)cc1OC(c1ccccc1)c1ccccc1. The Hall–Kier alpha value is -3.18. The van der Waals surface area contributed by atoms with Crippen molar-refractivity contribution in [3.8, 4) is 5.88 Å². The van der Waals surface area contributed by atoms with Gasteiger partial charge in [0.15, 0.2) is 23.7 Å². The molecular formula is C23H24N2O3. The van der Waals surface area contributed by atoms with Crippen LogP contribution in [0.25, 0.3) is 0 Å². The van der Waals surface area contributed by atoms with E-state index < -0.39 is 6.10 Å². The van der Waals surface area contributed by atoms with E-state index in [1.54, 1.807) is 4.57 Å². The average molecular weight is 376 g/mol. The van der Waals surface area contributed by atoms with Crippen LogP contribution in [0.4, 0.5) is 0 Å². The van der Waals surface area contributed by atoms with Crippen molar-refractivity contribution < 1.29 is 9.53 Å². The number of likely N-dealkylation sites (N-methyl/N-ethyl adjacent to an activating group) is 1. The highest BCUT2D eigenvalue weighted by Gasteiger charge is 2.19. The van der Waals surface area contributed by atoms with Gasteiger partial charge < -0.3 is 14.2 Å². The number of aromatic nitrogens is 1. The molecule has 3 aromatic rings. The first-order valence-electron chi connectivity index (χ1n) is 9.20. The predicted octanol–water partition coefficient (Wildman–Crippen LogP) is 3.39. The number of pyridine rings is 1. The molecule has 1 aromatic heterocycles. The van der Waals surface area contributed by atoms with E-state index in [1.165, 1.54) is 12.1 Å². The van der Waals surface area contributed by atoms with Crippen molar-refractivity contribution in [2.24, 2.45) is 0 Å². The molecule has 0 spiro atoms. The van der Waals surface area contributed by atoms with E-state index in [2.05, 4.69) is 0 Å². The van der Waals surface area contributed by atoms with Gasteiger partial charge in [-0.2, -0.15) is 0 Å². The summed E-state index contributed by atoms with van der Waals surface area (Å²) in [6.07, 6.45) is 0.304. The molecule has 3 rings (SSSR count). The molecule has 28 heavy (non-hydrogen) atoms. The molecule has 144 valence electrons. The molecule has 0 atom stereocenters. The summed E-state index contributed by atoms with van der Waals surface area (Å²) in [7, 11) is 3.92. The Morgan fingerprint density at radius 1 is 0.964 bits per heavy atom. The van der Waals surface area contributed by atoms with Crippen LogP contribution in [-0.4, -0.2) is 36.4 Å². The second-order valence-corrected chi connectivity index (χ2v) is 6.85. The minimum absolute atomic E-state index is 0.252. The fourth-order valence-electron chi connectivity index (χ4n) is 3.03. The summed E-state index contributed by atoms with van der Waals surface area (Å²) >= 11 is 0. The van der Waals surface area contributed by atoms with Crippen LogP contribution >= 0.6 is 0 Å². The number of aldehydes is 1. The van der Waals surface area contributed by atoms with Crippen molar-refractivity contribution in [2.45, 2.75) is 12.6 Å². The first-order valence-corrected chi connectivity index (χ1v) is 9.20. The Balaban J connectivity index is 2.06. The van der Waals surface area contributed by atoms with Gasteiger partial charge in [0.05, 0.1) is 5.69 Å². The molecule has 0 aliphatic carbocycles. The van der Waals surface area contributed by atoms with Crippen LogP contribution in [0.2, 0.25) is 0 Å². The third kappa shape index (κ3) is 4.75. The molecule has 5 heteroatoms. The van der Waals surface area contributed by atoms with Gasteiger partial charge >= 0.3 is 0 Å². The van der Waals surface area contributed by atoms with E-state index in [0.29, 0.717) is 30.9 Å². The van der Waals surface area contributed by atoms with Crippen molar-refractivity contribution in [1.82, 2.24) is 9.47 Å². The fraction of sp³-hybridized carbons (Fsp3) is 0.217. The van der Waals surface area contributed by atoms with Crippen molar-refractivity contribution in [3.63, 3.8) is 0 Å². The smallest absolute Gasteiger partial charge is 0.198 e. The lowest BCUT2D eigenvalue weighted by molar-refractivity contribution is 0.111. The monoisotopic (exact) mass is 376 g/mol. The van der Waals surface area contributed by atoms with Crippen LogP contribution in [0.3, 0.4) is 0 Å². The van der Waals surface area contributed by atoms with E-state index in [-0.39, 0.29) is 5.43 Å². The Morgan fingerprint density at radius 3 is 2.04 bits per heavy atom. The molecule has 0 aliphatic rings. The Morgan fingerprint density at radius 2 is 1.54 bits per heavy atom. The van der Waals surface area contributed by atoms with Crippen molar-refractivity contribution in [1.29, 1.82) is 0 Å². The van der Waals surface area contributed by atoms with Crippen LogP contribution in [0.1, 0.15) is 27.7 Å². The first kappa shape index (κ1) is 19.6. The number of carbonyl (C=O) groups excluding carboxylic acids is 1. The number of benzene rings is 2. The second kappa shape index (κ2) is 9.15. The highest BCUT2D eigenvalue weighted by Crippen LogP contribution is 2.28. The van der Waals surface area contributed by atoms with Gasteiger partial charge in [-0.1, -0.05) is 60.7 Å². The molecule has 0 aliphatic heterocycles. The third-order valence-electron chi connectivity index (χ3n) is 4.47. The summed E-state index contributed by atoms with van der Waals surface area (Å²) in [5.74, 6) is 0.383. The zero-order chi connectivity index (χ0) is 19.9. The lowest BCUT2D eigenvalue weighted by Gasteiger charge is -2.24. The topological polar surface area (TPSA) is 51.5 Å². The first-order chi connectivity index (χ1) is 13.6. The van der Waals surface area contributed by atoms with E-state index in [4.69, 9.17) is 4.74 Å². The molecule has 0 bridgehead atoms. The summed E-state index contributed by atoms with van der Waals surface area (Å²) < 4.78 is 8.12. The standard InChI is InChI=1S/C23H24N2O3/c1-24(2)13-14-25-20(17-26)15-21(27)16-22(25)28-23(18-9-5-3-6-10-18)19-11-7-4-8-12-19/h3-12,15-17,23H,13-14H2,1-2H3. The third-order valence-corrected chi connectivity index (χ3v) is 4.47. The summed E-state index contributed by atoms with van der Waals surface area (Å²) in [4.78, 5) is 25.7. The van der Waals surface area contributed by atoms with Crippen LogP contribution in [-0.2, 0) is 6.54 Å². The highest BCUT2D eigenvalue weighted by atomic mass is 16.5. The molecule has 0 radical (unpaired) electrons. The molecular weight excluding hydrogens is 352 g/mol. The Bertz CT molecular complexity index is 927. The molecule has 0 unspecified atom stereocenters. The zero-order valence-electron chi connectivity index (χ0n) is 16.1. The lowest BCUT2D eigenvalue weighted by Crippen LogP contribution is -2.24. The van der Waals surface area contributed by atoms with Gasteiger partial charge in [-0.05, 0) is 25.2 Å². The number of ether oxygens (including phenoxy) is 1. The fourth-order valence-corrected chi connectivity index (χ4v) is 3.03. The van der Waals surface area contributed by atoms with Crippen molar-refractivity contribution >= 4 is 6.29 Å². The highest BCUT2D eigenvalue weighted by molar-refractivity contribution is 5.72. The lowest BCUT2D eigenvalue weighted by atomic mass is 10.0. The predicted molar refractivity (Wildman–Crippen MR) is 110 cm³/mol. The molecule has 5 nitrogen and oxygen atoms in total. The summed E-state index contributed by atoms with van der Waals surface area (Å²) in [5, 5.41) is 0. The zero-order valence-corrected chi connectivity index (χ0v) is 16.1. The van der Waals surface area contributed by atoms with Gasteiger partial charge in [0.2, 0.25) is 0 Å². The minimum atomic E-state index is -0.394. The van der Waals surface area contributed by atoms with E-state index in [9.17, 15) is 9.59 Å². The number of carbonyl (C=O) groups is 1. The molecule has 2 aromatic carbocycles. The Kier molecular flexibility index (Phi) is 6.40. The molecule has 0 fully saturated rings.